The zero-order valence-electron chi connectivity index (χ0n) is 17.4. The number of pyridine rings is 1. The summed E-state index contributed by atoms with van der Waals surface area (Å²) in [6.07, 6.45) is 7.97. The lowest BCUT2D eigenvalue weighted by Gasteiger charge is -2.06. The number of nitrogens with one attached hydrogen (secondary N) is 1. The largest absolute Gasteiger partial charge is 0.503 e. The smallest absolute Gasteiger partial charge is 0.236 e. The Hall–Kier alpha value is -3.91. The molecule has 0 atom stereocenters. The Bertz CT molecular complexity index is 1300. The average Bonchev–Trinajstić information content (AvgIpc) is 3.26. The summed E-state index contributed by atoms with van der Waals surface area (Å²) in [4.78, 5) is 4.10. The highest BCUT2D eigenvalue weighted by Crippen LogP contribution is 2.32. The summed E-state index contributed by atoms with van der Waals surface area (Å²) in [5.41, 5.74) is 5.27. The number of methoxy groups -OCH3 is 1. The number of sulfonamides is 1. The lowest BCUT2D eigenvalue weighted by Crippen LogP contribution is -2.19. The Morgan fingerprint density at radius 1 is 0.969 bits per heavy atom. The number of para-hydroxylation sites is 1. The molecule has 7 nitrogen and oxygen atoms in total. The molecule has 4 aromatic rings. The highest BCUT2D eigenvalue weighted by Gasteiger charge is 2.15. The van der Waals surface area contributed by atoms with E-state index < -0.39 is 10.0 Å². The van der Waals surface area contributed by atoms with Gasteiger partial charge in [0.2, 0.25) is 10.0 Å². The first-order chi connectivity index (χ1) is 15.6. The minimum Gasteiger partial charge on any atom is -0.503 e. The number of ether oxygens (including phenoxy) is 1. The second kappa shape index (κ2) is 9.49. The van der Waals surface area contributed by atoms with Crippen LogP contribution in [0.5, 0.6) is 0 Å². The molecule has 0 bridgehead atoms. The van der Waals surface area contributed by atoms with Gasteiger partial charge in [-0.2, -0.15) is 5.10 Å². The van der Waals surface area contributed by atoms with E-state index in [4.69, 9.17) is 9.84 Å². The van der Waals surface area contributed by atoms with E-state index in [9.17, 15) is 8.42 Å². The van der Waals surface area contributed by atoms with Gasteiger partial charge in [0.15, 0.2) is 0 Å². The molecule has 0 amide bonds. The zero-order valence-corrected chi connectivity index (χ0v) is 18.2. The third kappa shape index (κ3) is 5.04. The molecule has 0 saturated carbocycles. The van der Waals surface area contributed by atoms with Crippen molar-refractivity contribution in [2.45, 2.75) is 5.75 Å². The molecule has 0 saturated heterocycles. The first kappa shape index (κ1) is 21.3. The minimum atomic E-state index is -3.51. The van der Waals surface area contributed by atoms with Crippen LogP contribution >= 0.6 is 0 Å². The van der Waals surface area contributed by atoms with Gasteiger partial charge >= 0.3 is 0 Å². The van der Waals surface area contributed by atoms with E-state index in [-0.39, 0.29) is 5.75 Å². The quantitative estimate of drug-likeness (QED) is 0.411. The Labute approximate surface area is 187 Å². The molecule has 162 valence electrons. The highest BCUT2D eigenvalue weighted by molar-refractivity contribution is 7.88. The third-order valence-electron chi connectivity index (χ3n) is 4.76. The van der Waals surface area contributed by atoms with Crippen molar-refractivity contribution in [1.82, 2.24) is 19.5 Å². The molecule has 0 aliphatic carbocycles. The first-order valence-corrected chi connectivity index (χ1v) is 11.5. The molecular weight excluding hydrogens is 424 g/mol. The molecule has 0 fully saturated rings. The van der Waals surface area contributed by atoms with E-state index in [2.05, 4.69) is 9.71 Å². The number of rotatable bonds is 8. The Balaban J connectivity index is 1.67. The van der Waals surface area contributed by atoms with Gasteiger partial charge in [-0.05, 0) is 35.4 Å². The lowest BCUT2D eigenvalue weighted by molar-refractivity contribution is 0.336. The van der Waals surface area contributed by atoms with Gasteiger partial charge in [-0.1, -0.05) is 42.5 Å². The molecule has 2 heterocycles. The standard InChI is InChI=1S/C24H22N4O3S/c1-31-16-15-26-32(29,30)18-19-7-9-20(10-8-19)23-17-28(22-5-3-2-4-6-22)27-24(23)21-11-13-25-14-12-21/h2-17,26H,18H2,1H3/b16-15-. The predicted molar refractivity (Wildman–Crippen MR) is 124 cm³/mol. The summed E-state index contributed by atoms with van der Waals surface area (Å²) >= 11 is 0. The number of benzene rings is 2. The second-order valence-electron chi connectivity index (χ2n) is 7.02. The van der Waals surface area contributed by atoms with Crippen LogP contribution in [0.1, 0.15) is 5.56 Å². The van der Waals surface area contributed by atoms with Crippen molar-refractivity contribution in [2.75, 3.05) is 7.11 Å². The van der Waals surface area contributed by atoms with Gasteiger partial charge in [0.05, 0.1) is 24.8 Å². The average molecular weight is 447 g/mol. The van der Waals surface area contributed by atoms with Crippen molar-refractivity contribution in [3.05, 3.63) is 103 Å². The molecule has 32 heavy (non-hydrogen) atoms. The maximum atomic E-state index is 12.2. The molecule has 0 radical (unpaired) electrons. The number of aromatic nitrogens is 3. The normalized spacial score (nSPS) is 11.5. The fourth-order valence-electron chi connectivity index (χ4n) is 3.26. The van der Waals surface area contributed by atoms with Gasteiger partial charge in [-0.3, -0.25) is 9.71 Å². The van der Waals surface area contributed by atoms with Gasteiger partial charge in [0.1, 0.15) is 5.69 Å². The van der Waals surface area contributed by atoms with Crippen molar-refractivity contribution in [2.24, 2.45) is 0 Å². The van der Waals surface area contributed by atoms with Crippen molar-refractivity contribution in [3.63, 3.8) is 0 Å². The summed E-state index contributed by atoms with van der Waals surface area (Å²) in [5, 5.41) is 4.81. The number of nitrogens with zero attached hydrogens (tertiary/aromatic N) is 3. The van der Waals surface area contributed by atoms with E-state index in [1.807, 2.05) is 77.6 Å². The number of hydrogen-bond donors (Lipinski definition) is 1. The Morgan fingerprint density at radius 2 is 1.69 bits per heavy atom. The van der Waals surface area contributed by atoms with Crippen LogP contribution in [0, 0.1) is 0 Å². The van der Waals surface area contributed by atoms with Crippen LogP contribution in [0.3, 0.4) is 0 Å². The predicted octanol–water partition coefficient (Wildman–Crippen LogP) is 4.14. The highest BCUT2D eigenvalue weighted by atomic mass is 32.2. The lowest BCUT2D eigenvalue weighted by atomic mass is 10.0. The molecular formula is C24H22N4O3S. The van der Waals surface area contributed by atoms with Gasteiger partial charge < -0.3 is 4.74 Å². The van der Waals surface area contributed by atoms with Crippen LogP contribution in [0.4, 0.5) is 0 Å². The Morgan fingerprint density at radius 3 is 2.38 bits per heavy atom. The zero-order chi connectivity index (χ0) is 22.4. The van der Waals surface area contributed by atoms with Crippen LogP contribution in [0.15, 0.2) is 97.8 Å². The maximum absolute atomic E-state index is 12.2. The summed E-state index contributed by atoms with van der Waals surface area (Å²) < 4.78 is 33.3. The molecule has 2 aromatic heterocycles. The monoisotopic (exact) mass is 446 g/mol. The van der Waals surface area contributed by atoms with Gasteiger partial charge in [-0.25, -0.2) is 13.1 Å². The number of hydrogen-bond acceptors (Lipinski definition) is 5. The maximum Gasteiger partial charge on any atom is 0.236 e. The van der Waals surface area contributed by atoms with E-state index in [0.717, 1.165) is 28.1 Å². The fourth-order valence-corrected chi connectivity index (χ4v) is 4.24. The molecule has 0 aliphatic heterocycles. The SMILES string of the molecule is CO/C=C\NS(=O)(=O)Cc1ccc(-c2cn(-c3ccccc3)nc2-c2ccncc2)cc1. The van der Waals surface area contributed by atoms with E-state index in [1.165, 1.54) is 19.6 Å². The summed E-state index contributed by atoms with van der Waals surface area (Å²) in [6.45, 7) is 0. The van der Waals surface area contributed by atoms with Crippen LogP contribution < -0.4 is 4.72 Å². The first-order valence-electron chi connectivity index (χ1n) is 9.88. The van der Waals surface area contributed by atoms with Crippen molar-refractivity contribution >= 4 is 10.0 Å². The Kier molecular flexibility index (Phi) is 6.32. The topological polar surface area (TPSA) is 86.1 Å². The van der Waals surface area contributed by atoms with Gasteiger partial charge in [0, 0.05) is 35.9 Å². The minimum absolute atomic E-state index is 0.137. The molecule has 4 rings (SSSR count). The van der Waals surface area contributed by atoms with E-state index in [0.29, 0.717) is 5.56 Å². The van der Waals surface area contributed by atoms with Crippen molar-refractivity contribution in [1.29, 1.82) is 0 Å². The molecule has 0 spiro atoms. The van der Waals surface area contributed by atoms with Crippen LogP contribution in [0.25, 0.3) is 28.1 Å². The molecule has 0 aliphatic rings. The van der Waals surface area contributed by atoms with Crippen molar-refractivity contribution < 1.29 is 13.2 Å². The van der Waals surface area contributed by atoms with Gasteiger partial charge in [-0.15, -0.1) is 0 Å². The van der Waals surface area contributed by atoms with E-state index >= 15 is 0 Å². The van der Waals surface area contributed by atoms with E-state index in [1.54, 1.807) is 12.4 Å². The van der Waals surface area contributed by atoms with Crippen LogP contribution in [-0.2, 0) is 20.5 Å². The third-order valence-corrected chi connectivity index (χ3v) is 5.97. The summed E-state index contributed by atoms with van der Waals surface area (Å²) in [7, 11) is -2.06. The van der Waals surface area contributed by atoms with Crippen LogP contribution in [-0.4, -0.2) is 30.3 Å². The summed E-state index contributed by atoms with van der Waals surface area (Å²) in [5.74, 6) is -0.137. The second-order valence-corrected chi connectivity index (χ2v) is 8.77. The van der Waals surface area contributed by atoms with Gasteiger partial charge in [0.25, 0.3) is 0 Å². The van der Waals surface area contributed by atoms with Crippen LogP contribution in [0.2, 0.25) is 0 Å². The van der Waals surface area contributed by atoms with Crippen molar-refractivity contribution in [3.8, 4) is 28.1 Å². The molecule has 1 N–H and O–H groups in total. The fraction of sp³-hybridized carbons (Fsp3) is 0.0833. The summed E-state index contributed by atoms with van der Waals surface area (Å²) in [6, 6.07) is 21.2. The molecule has 0 unspecified atom stereocenters. The molecule has 2 aromatic carbocycles. The molecule has 8 heteroatoms.